The van der Waals surface area contributed by atoms with Crippen LogP contribution < -0.4 is 5.32 Å². The fourth-order valence-electron chi connectivity index (χ4n) is 2.80. The Labute approximate surface area is 152 Å². The number of anilines is 1. The van der Waals surface area contributed by atoms with Gasteiger partial charge in [-0.25, -0.2) is 8.42 Å². The van der Waals surface area contributed by atoms with Gasteiger partial charge in [0.1, 0.15) is 0 Å². The van der Waals surface area contributed by atoms with E-state index >= 15 is 0 Å². The number of rotatable bonds is 5. The van der Waals surface area contributed by atoms with Crippen LogP contribution in [0.15, 0.2) is 17.0 Å². The molecule has 1 fully saturated rings. The summed E-state index contributed by atoms with van der Waals surface area (Å²) in [5.74, 6) is -1.30. The van der Waals surface area contributed by atoms with Crippen molar-refractivity contribution in [3.8, 4) is 5.69 Å². The van der Waals surface area contributed by atoms with Crippen molar-refractivity contribution in [3.63, 3.8) is 0 Å². The molecule has 1 aliphatic carbocycles. The third-order valence-electron chi connectivity index (χ3n) is 4.18. The molecule has 3 rings (SSSR count). The molecule has 1 aliphatic rings. The van der Waals surface area contributed by atoms with Crippen LogP contribution in [-0.2, 0) is 21.6 Å². The molecule has 1 aromatic heterocycles. The van der Waals surface area contributed by atoms with Crippen LogP contribution >= 0.6 is 10.7 Å². The SMILES string of the molecule is CCc1cc(C2CC2)c(-n2nc(C(F)(F)F)nc2NC)cc1S(=O)(=O)Cl. The first-order valence-electron chi connectivity index (χ1n) is 7.90. The van der Waals surface area contributed by atoms with Gasteiger partial charge in [0.2, 0.25) is 5.95 Å². The third-order valence-corrected chi connectivity index (χ3v) is 5.59. The van der Waals surface area contributed by atoms with E-state index < -0.39 is 21.1 Å². The van der Waals surface area contributed by atoms with E-state index in [1.807, 2.05) is 0 Å². The first-order chi connectivity index (χ1) is 12.1. The van der Waals surface area contributed by atoms with Gasteiger partial charge in [0, 0.05) is 17.7 Å². The van der Waals surface area contributed by atoms with E-state index in [4.69, 9.17) is 10.7 Å². The van der Waals surface area contributed by atoms with E-state index in [9.17, 15) is 21.6 Å². The third kappa shape index (κ3) is 3.52. The molecule has 1 N–H and O–H groups in total. The Morgan fingerprint density at radius 2 is 2.00 bits per heavy atom. The zero-order valence-corrected chi connectivity index (χ0v) is 15.5. The first-order valence-corrected chi connectivity index (χ1v) is 10.2. The largest absolute Gasteiger partial charge is 0.453 e. The van der Waals surface area contributed by atoms with E-state index in [1.165, 1.54) is 13.1 Å². The van der Waals surface area contributed by atoms with Gasteiger partial charge in [0.15, 0.2) is 0 Å². The normalized spacial score (nSPS) is 15.3. The number of aryl methyl sites for hydroxylation is 1. The van der Waals surface area contributed by atoms with E-state index in [2.05, 4.69) is 15.4 Å². The number of aromatic nitrogens is 3. The Kier molecular flexibility index (Phi) is 4.68. The maximum absolute atomic E-state index is 13.0. The Hall–Kier alpha value is -1.81. The molecule has 0 bridgehead atoms. The summed E-state index contributed by atoms with van der Waals surface area (Å²) in [6, 6.07) is 2.97. The smallest absolute Gasteiger partial charge is 0.357 e. The summed E-state index contributed by atoms with van der Waals surface area (Å²) in [4.78, 5) is 3.33. The summed E-state index contributed by atoms with van der Waals surface area (Å²) < 4.78 is 63.9. The Morgan fingerprint density at radius 3 is 2.46 bits per heavy atom. The summed E-state index contributed by atoms with van der Waals surface area (Å²) in [6.07, 6.45) is -2.55. The monoisotopic (exact) mass is 408 g/mol. The fourth-order valence-corrected chi connectivity index (χ4v) is 4.00. The summed E-state index contributed by atoms with van der Waals surface area (Å²) in [7, 11) is 2.87. The van der Waals surface area contributed by atoms with Gasteiger partial charge in [-0.3, -0.25) is 0 Å². The van der Waals surface area contributed by atoms with Crippen LogP contribution in [0, 0.1) is 0 Å². The average Bonchev–Trinajstić information content (AvgIpc) is 3.29. The van der Waals surface area contributed by atoms with Crippen LogP contribution in [0.1, 0.15) is 42.6 Å². The maximum atomic E-state index is 13.0. The van der Waals surface area contributed by atoms with Crippen molar-refractivity contribution >= 4 is 25.7 Å². The minimum atomic E-state index is -4.72. The van der Waals surface area contributed by atoms with Crippen molar-refractivity contribution in [1.82, 2.24) is 14.8 Å². The highest BCUT2D eigenvalue weighted by molar-refractivity contribution is 8.13. The summed E-state index contributed by atoms with van der Waals surface area (Å²) in [6.45, 7) is 1.79. The number of halogens is 4. The maximum Gasteiger partial charge on any atom is 0.453 e. The number of hydrogen-bond donors (Lipinski definition) is 1. The molecule has 0 radical (unpaired) electrons. The second-order valence-corrected chi connectivity index (χ2v) is 8.54. The molecule has 0 unspecified atom stereocenters. The summed E-state index contributed by atoms with van der Waals surface area (Å²) in [5.41, 5.74) is 1.49. The molecular formula is C15H16ClF3N4O2S. The van der Waals surface area contributed by atoms with Crippen molar-refractivity contribution < 1.29 is 21.6 Å². The summed E-state index contributed by atoms with van der Waals surface area (Å²) in [5, 5.41) is 6.12. The van der Waals surface area contributed by atoms with Gasteiger partial charge in [0.25, 0.3) is 14.9 Å². The molecule has 0 amide bonds. The van der Waals surface area contributed by atoms with E-state index in [-0.39, 0.29) is 22.4 Å². The van der Waals surface area contributed by atoms with E-state index in [0.717, 1.165) is 23.1 Å². The van der Waals surface area contributed by atoms with Gasteiger partial charge in [-0.2, -0.15) is 22.8 Å². The van der Waals surface area contributed by atoms with Crippen molar-refractivity contribution in [2.75, 3.05) is 12.4 Å². The lowest BCUT2D eigenvalue weighted by atomic mass is 10.0. The minimum absolute atomic E-state index is 0.132. The second kappa shape index (κ2) is 6.41. The van der Waals surface area contributed by atoms with E-state index in [1.54, 1.807) is 13.0 Å². The molecule has 0 atom stereocenters. The van der Waals surface area contributed by atoms with Crippen molar-refractivity contribution in [1.29, 1.82) is 0 Å². The second-order valence-electron chi connectivity index (χ2n) is 6.00. The van der Waals surface area contributed by atoms with Gasteiger partial charge >= 0.3 is 6.18 Å². The van der Waals surface area contributed by atoms with Gasteiger partial charge in [-0.15, -0.1) is 5.10 Å². The van der Waals surface area contributed by atoms with Crippen LogP contribution in [0.4, 0.5) is 19.1 Å². The molecule has 6 nitrogen and oxygen atoms in total. The molecule has 142 valence electrons. The van der Waals surface area contributed by atoms with Gasteiger partial charge in [0.05, 0.1) is 10.6 Å². The molecule has 26 heavy (non-hydrogen) atoms. The number of nitrogens with one attached hydrogen (secondary N) is 1. The van der Waals surface area contributed by atoms with Crippen LogP contribution in [0.2, 0.25) is 0 Å². The zero-order chi connectivity index (χ0) is 19.3. The highest BCUT2D eigenvalue weighted by atomic mass is 35.7. The highest BCUT2D eigenvalue weighted by Crippen LogP contribution is 2.45. The fraction of sp³-hybridized carbons (Fsp3) is 0.467. The van der Waals surface area contributed by atoms with Gasteiger partial charge < -0.3 is 5.32 Å². The molecule has 0 spiro atoms. The Balaban J connectivity index is 2.29. The number of nitrogens with zero attached hydrogens (tertiary/aromatic N) is 3. The van der Waals surface area contributed by atoms with Crippen LogP contribution in [0.3, 0.4) is 0 Å². The average molecular weight is 409 g/mol. The van der Waals surface area contributed by atoms with Crippen molar-refractivity contribution in [3.05, 3.63) is 29.1 Å². The molecule has 11 heteroatoms. The number of benzene rings is 1. The molecule has 1 saturated carbocycles. The van der Waals surface area contributed by atoms with Crippen molar-refractivity contribution in [2.24, 2.45) is 0 Å². The van der Waals surface area contributed by atoms with E-state index in [0.29, 0.717) is 12.0 Å². The van der Waals surface area contributed by atoms with Gasteiger partial charge in [-0.1, -0.05) is 13.0 Å². The lowest BCUT2D eigenvalue weighted by molar-refractivity contribution is -0.144. The molecule has 2 aromatic rings. The predicted octanol–water partition coefficient (Wildman–Crippen LogP) is 3.70. The van der Waals surface area contributed by atoms with Crippen LogP contribution in [0.25, 0.3) is 5.69 Å². The lowest BCUT2D eigenvalue weighted by Crippen LogP contribution is -2.11. The number of alkyl halides is 3. The van der Waals surface area contributed by atoms with Gasteiger partial charge in [-0.05, 0) is 42.4 Å². The van der Waals surface area contributed by atoms with Crippen LogP contribution in [-0.4, -0.2) is 30.2 Å². The molecule has 0 saturated heterocycles. The standard InChI is InChI=1S/C15H16ClF3N4O2S/c1-3-8-6-10(9-4-5-9)11(7-12(8)26(16,24)25)23-14(20-2)21-13(22-23)15(17,18)19/h6-7,9H,3-5H2,1-2H3,(H,20,21,22). The quantitative estimate of drug-likeness (QED) is 0.763. The molecule has 1 heterocycles. The Bertz CT molecular complexity index is 953. The topological polar surface area (TPSA) is 76.9 Å². The first kappa shape index (κ1) is 19.0. The Morgan fingerprint density at radius 1 is 1.35 bits per heavy atom. The molecule has 1 aromatic carbocycles. The minimum Gasteiger partial charge on any atom is -0.357 e. The predicted molar refractivity (Wildman–Crippen MR) is 90.3 cm³/mol. The zero-order valence-electron chi connectivity index (χ0n) is 13.9. The molecule has 0 aliphatic heterocycles. The summed E-state index contributed by atoms with van der Waals surface area (Å²) >= 11 is 0. The highest BCUT2D eigenvalue weighted by Gasteiger charge is 2.38. The van der Waals surface area contributed by atoms with Crippen molar-refractivity contribution in [2.45, 2.75) is 43.2 Å². The lowest BCUT2D eigenvalue weighted by Gasteiger charge is -2.15. The van der Waals surface area contributed by atoms with Crippen LogP contribution in [0.5, 0.6) is 0 Å². The number of hydrogen-bond acceptors (Lipinski definition) is 5. The molecular weight excluding hydrogens is 393 g/mol.